The number of hydrogen-bond acceptors (Lipinski definition) is 6. The van der Waals surface area contributed by atoms with E-state index in [1.54, 1.807) is 24.3 Å². The van der Waals surface area contributed by atoms with Crippen LogP contribution in [0.3, 0.4) is 0 Å². The molecule has 0 aliphatic carbocycles. The Bertz CT molecular complexity index is 1060. The number of benzene rings is 2. The molecule has 0 bridgehead atoms. The summed E-state index contributed by atoms with van der Waals surface area (Å²) in [6.07, 6.45) is 0.0104. The molecule has 2 heterocycles. The fourth-order valence-corrected chi connectivity index (χ4v) is 3.00. The van der Waals surface area contributed by atoms with Gasteiger partial charge in [0.2, 0.25) is 17.8 Å². The van der Waals surface area contributed by atoms with E-state index in [0.29, 0.717) is 11.5 Å². The summed E-state index contributed by atoms with van der Waals surface area (Å²) < 4.78 is 0. The molecule has 4 rings (SSSR count). The number of ketones is 1. The Morgan fingerprint density at radius 3 is 2.63 bits per heavy atom. The van der Waals surface area contributed by atoms with Gasteiger partial charge in [0, 0.05) is 10.9 Å². The molecule has 134 valence electrons. The van der Waals surface area contributed by atoms with Crippen LogP contribution in [0.5, 0.6) is 0 Å². The van der Waals surface area contributed by atoms with Crippen molar-refractivity contribution < 1.29 is 9.59 Å². The number of nitrogens with one attached hydrogen (secondary N) is 2. The summed E-state index contributed by atoms with van der Waals surface area (Å²) in [4.78, 5) is 37.9. The number of nitrogens with zero attached hydrogens (tertiary/aromatic N) is 3. The van der Waals surface area contributed by atoms with Gasteiger partial charge in [-0.3, -0.25) is 20.2 Å². The minimum Gasteiger partial charge on any atom is -0.296 e. The summed E-state index contributed by atoms with van der Waals surface area (Å²) in [6.45, 7) is 1.89. The van der Waals surface area contributed by atoms with E-state index in [1.165, 1.54) is 0 Å². The van der Waals surface area contributed by atoms with E-state index < -0.39 is 6.04 Å². The van der Waals surface area contributed by atoms with E-state index >= 15 is 0 Å². The highest BCUT2D eigenvalue weighted by Crippen LogP contribution is 2.17. The number of rotatable bonds is 3. The smallest absolute Gasteiger partial charge is 0.230 e. The Kier molecular flexibility index (Phi) is 4.33. The maximum absolute atomic E-state index is 12.6. The van der Waals surface area contributed by atoms with Gasteiger partial charge in [0.15, 0.2) is 5.78 Å². The highest BCUT2D eigenvalue weighted by atomic mass is 16.2. The van der Waals surface area contributed by atoms with Crippen LogP contribution in [0.4, 0.5) is 5.95 Å². The topological polar surface area (TPSA) is 96.3 Å². The second kappa shape index (κ2) is 6.95. The average Bonchev–Trinajstić information content (AvgIpc) is 2.68. The predicted molar refractivity (Wildman–Crippen MR) is 103 cm³/mol. The number of hydrogen-bond donors (Lipinski definition) is 2. The van der Waals surface area contributed by atoms with Gasteiger partial charge in [0.25, 0.3) is 0 Å². The molecule has 2 aromatic carbocycles. The van der Waals surface area contributed by atoms with E-state index in [1.807, 2.05) is 37.3 Å². The van der Waals surface area contributed by atoms with Crippen molar-refractivity contribution in [2.24, 2.45) is 4.99 Å². The normalized spacial score (nSPS) is 16.6. The molecule has 7 nitrogen and oxygen atoms in total. The zero-order valence-corrected chi connectivity index (χ0v) is 14.6. The van der Waals surface area contributed by atoms with Crippen molar-refractivity contribution in [3.63, 3.8) is 0 Å². The molecule has 0 spiro atoms. The van der Waals surface area contributed by atoms with E-state index in [4.69, 9.17) is 0 Å². The van der Waals surface area contributed by atoms with Crippen molar-refractivity contribution in [1.29, 1.82) is 0 Å². The maximum atomic E-state index is 12.6. The number of para-hydroxylation sites is 1. The minimum atomic E-state index is -0.773. The largest absolute Gasteiger partial charge is 0.296 e. The van der Waals surface area contributed by atoms with Gasteiger partial charge >= 0.3 is 0 Å². The van der Waals surface area contributed by atoms with Gasteiger partial charge in [0.05, 0.1) is 17.6 Å². The summed E-state index contributed by atoms with van der Waals surface area (Å²) in [5, 5.41) is 6.51. The molecule has 2 N–H and O–H groups in total. The summed E-state index contributed by atoms with van der Waals surface area (Å²) >= 11 is 0. The molecular formula is C20H17N5O2. The molecule has 0 radical (unpaired) electrons. The standard InChI is InChI=1S/C20H17N5O2/c1-12-14-9-5-6-10-15(14)22-19(21-12)25-20-23-16(11-17(26)24-20)18(27)13-7-3-2-4-8-13/h2-10,16H,11H2,1H3,(H2,21,22,23,24,25,26)/t16-/m1/s1. The van der Waals surface area contributed by atoms with Crippen LogP contribution in [0.25, 0.3) is 10.9 Å². The fourth-order valence-electron chi connectivity index (χ4n) is 3.00. The van der Waals surface area contributed by atoms with E-state index in [2.05, 4.69) is 25.6 Å². The third-order valence-electron chi connectivity index (χ3n) is 4.31. The third kappa shape index (κ3) is 3.52. The Morgan fingerprint density at radius 1 is 1.07 bits per heavy atom. The van der Waals surface area contributed by atoms with Crippen molar-refractivity contribution >= 4 is 34.5 Å². The van der Waals surface area contributed by atoms with Crippen LogP contribution in [-0.4, -0.2) is 33.7 Å². The van der Waals surface area contributed by atoms with Crippen LogP contribution in [0.15, 0.2) is 59.6 Å². The Morgan fingerprint density at radius 2 is 1.81 bits per heavy atom. The number of carbonyl (C=O) groups is 2. The first kappa shape index (κ1) is 16.8. The lowest BCUT2D eigenvalue weighted by Crippen LogP contribution is -2.44. The fraction of sp³-hybridized carbons (Fsp3) is 0.150. The molecule has 7 heteroatoms. The molecule has 0 fully saturated rings. The average molecular weight is 359 g/mol. The van der Waals surface area contributed by atoms with Crippen molar-refractivity contribution in [1.82, 2.24) is 15.3 Å². The molecule has 1 aliphatic heterocycles. The number of guanidine groups is 1. The molecule has 27 heavy (non-hydrogen) atoms. The first-order chi connectivity index (χ1) is 13.1. The number of aromatic nitrogens is 2. The molecule has 1 aliphatic rings. The molecule has 0 unspecified atom stereocenters. The number of fused-ring (bicyclic) bond motifs is 1. The van der Waals surface area contributed by atoms with E-state index in [9.17, 15) is 9.59 Å². The van der Waals surface area contributed by atoms with E-state index in [0.717, 1.165) is 16.6 Å². The van der Waals surface area contributed by atoms with Gasteiger partial charge in [-0.15, -0.1) is 0 Å². The first-order valence-corrected chi connectivity index (χ1v) is 8.57. The number of anilines is 1. The van der Waals surface area contributed by atoms with Crippen molar-refractivity contribution in [3.05, 3.63) is 65.9 Å². The summed E-state index contributed by atoms with van der Waals surface area (Å²) in [5.41, 5.74) is 2.12. The number of Topliss-reactive ketones (excluding diaryl/α,β-unsaturated/α-hetero) is 1. The van der Waals surface area contributed by atoms with Crippen LogP contribution in [0.1, 0.15) is 22.5 Å². The Balaban J connectivity index is 1.62. The summed E-state index contributed by atoms with van der Waals surface area (Å²) in [6, 6.07) is 15.7. The predicted octanol–water partition coefficient (Wildman–Crippen LogP) is 2.48. The quantitative estimate of drug-likeness (QED) is 0.701. The molecule has 1 amide bonds. The van der Waals surface area contributed by atoms with Gasteiger partial charge in [-0.2, -0.15) is 0 Å². The number of aryl methyl sites for hydroxylation is 1. The van der Waals surface area contributed by atoms with Gasteiger partial charge in [-0.05, 0) is 13.0 Å². The summed E-state index contributed by atoms with van der Waals surface area (Å²) in [7, 11) is 0. The highest BCUT2D eigenvalue weighted by molar-refractivity contribution is 6.11. The van der Waals surface area contributed by atoms with Gasteiger partial charge in [-0.25, -0.2) is 15.0 Å². The molecule has 1 aromatic heterocycles. The lowest BCUT2D eigenvalue weighted by Gasteiger charge is -2.20. The molecule has 0 saturated heterocycles. The van der Waals surface area contributed by atoms with Crippen molar-refractivity contribution in [2.45, 2.75) is 19.4 Å². The zero-order valence-electron chi connectivity index (χ0n) is 14.6. The van der Waals surface area contributed by atoms with Gasteiger partial charge in [-0.1, -0.05) is 48.5 Å². The summed E-state index contributed by atoms with van der Waals surface area (Å²) in [5.74, 6) is 0.0212. The molecular weight excluding hydrogens is 342 g/mol. The monoisotopic (exact) mass is 359 g/mol. The first-order valence-electron chi connectivity index (χ1n) is 8.57. The second-order valence-corrected chi connectivity index (χ2v) is 6.25. The Hall–Kier alpha value is -3.61. The Labute approximate surface area is 155 Å². The number of amides is 1. The van der Waals surface area contributed by atoms with Crippen LogP contribution in [-0.2, 0) is 4.79 Å². The molecule has 3 aromatic rings. The zero-order chi connectivity index (χ0) is 18.8. The maximum Gasteiger partial charge on any atom is 0.230 e. The lowest BCUT2D eigenvalue weighted by molar-refractivity contribution is -0.120. The van der Waals surface area contributed by atoms with E-state index in [-0.39, 0.29) is 24.1 Å². The van der Waals surface area contributed by atoms with Crippen LogP contribution >= 0.6 is 0 Å². The van der Waals surface area contributed by atoms with Crippen LogP contribution < -0.4 is 10.6 Å². The molecule has 1 atom stereocenters. The van der Waals surface area contributed by atoms with Crippen molar-refractivity contribution in [3.8, 4) is 0 Å². The number of aliphatic imine (C=N–C) groups is 1. The SMILES string of the molecule is Cc1nc(NC2=N[C@@H](C(=O)c3ccccc3)CC(=O)N2)nc2ccccc12. The third-order valence-corrected chi connectivity index (χ3v) is 4.31. The number of carbonyl (C=O) groups excluding carboxylic acids is 2. The second-order valence-electron chi connectivity index (χ2n) is 6.25. The van der Waals surface area contributed by atoms with Crippen molar-refractivity contribution in [2.75, 3.05) is 5.32 Å². The lowest BCUT2D eigenvalue weighted by atomic mass is 10.0. The molecule has 0 saturated carbocycles. The van der Waals surface area contributed by atoms with Crippen LogP contribution in [0, 0.1) is 6.92 Å². The minimum absolute atomic E-state index is 0.0104. The van der Waals surface area contributed by atoms with Gasteiger partial charge in [0.1, 0.15) is 6.04 Å². The van der Waals surface area contributed by atoms with Crippen LogP contribution in [0.2, 0.25) is 0 Å². The highest BCUT2D eigenvalue weighted by Gasteiger charge is 2.28. The van der Waals surface area contributed by atoms with Gasteiger partial charge < -0.3 is 0 Å².